The summed E-state index contributed by atoms with van der Waals surface area (Å²) < 4.78 is 2.17. The Kier molecular flexibility index (Phi) is 2.45. The van der Waals surface area contributed by atoms with Gasteiger partial charge in [0.05, 0.1) is 12.2 Å². The van der Waals surface area contributed by atoms with Crippen LogP contribution in [0.5, 0.6) is 0 Å². The molecule has 1 fully saturated rings. The molecule has 1 aliphatic heterocycles. The first-order valence-corrected chi connectivity index (χ1v) is 6.19. The van der Waals surface area contributed by atoms with Gasteiger partial charge in [-0.15, -0.1) is 0 Å². The summed E-state index contributed by atoms with van der Waals surface area (Å²) in [6.45, 7) is 2.84. The van der Waals surface area contributed by atoms with Crippen molar-refractivity contribution in [3.8, 4) is 0 Å². The van der Waals surface area contributed by atoms with Crippen molar-refractivity contribution >= 4 is 11.6 Å². The van der Waals surface area contributed by atoms with Crippen LogP contribution in [0, 0.1) is 0 Å². The Balaban J connectivity index is 1.97. The highest BCUT2D eigenvalue weighted by molar-refractivity contribution is 6.30. The van der Waals surface area contributed by atoms with Gasteiger partial charge in [0.25, 0.3) is 0 Å². The number of hydrogen-bond donors (Lipinski definition) is 1. The second kappa shape index (κ2) is 3.80. The van der Waals surface area contributed by atoms with E-state index in [0.717, 1.165) is 36.3 Å². The maximum atomic E-state index is 6.40. The van der Waals surface area contributed by atoms with Crippen molar-refractivity contribution < 1.29 is 0 Å². The van der Waals surface area contributed by atoms with Crippen LogP contribution < -0.4 is 5.32 Å². The van der Waals surface area contributed by atoms with Gasteiger partial charge >= 0.3 is 0 Å². The second-order valence-corrected chi connectivity index (χ2v) is 4.87. The molecule has 1 aliphatic carbocycles. The third-order valence-electron chi connectivity index (χ3n) is 3.55. The Labute approximate surface area is 94.8 Å². The van der Waals surface area contributed by atoms with Gasteiger partial charge in [-0.25, -0.2) is 4.98 Å². The van der Waals surface area contributed by atoms with Crippen LogP contribution in [0.4, 0.5) is 0 Å². The van der Waals surface area contributed by atoms with E-state index in [9.17, 15) is 0 Å². The van der Waals surface area contributed by atoms with Crippen molar-refractivity contribution in [3.63, 3.8) is 0 Å². The van der Waals surface area contributed by atoms with Crippen molar-refractivity contribution in [1.82, 2.24) is 14.9 Å². The minimum absolute atomic E-state index is 0.621. The normalized spacial score (nSPS) is 21.9. The lowest BCUT2D eigenvalue weighted by Crippen LogP contribution is -2.28. The first-order chi connectivity index (χ1) is 7.36. The molecule has 0 unspecified atom stereocenters. The quantitative estimate of drug-likeness (QED) is 0.795. The van der Waals surface area contributed by atoms with Gasteiger partial charge in [0.15, 0.2) is 0 Å². The Bertz CT molecular complexity index is 366. The van der Waals surface area contributed by atoms with E-state index in [1.165, 1.54) is 25.7 Å². The lowest BCUT2D eigenvalue weighted by molar-refractivity contribution is 0.506. The van der Waals surface area contributed by atoms with Crippen molar-refractivity contribution in [1.29, 1.82) is 0 Å². The molecular formula is C11H16ClN3. The van der Waals surface area contributed by atoms with Crippen LogP contribution in [0.2, 0.25) is 5.15 Å². The van der Waals surface area contributed by atoms with Crippen molar-refractivity contribution in [2.75, 3.05) is 6.54 Å². The zero-order valence-electron chi connectivity index (χ0n) is 8.80. The molecule has 3 rings (SSSR count). The van der Waals surface area contributed by atoms with Gasteiger partial charge in [-0.3, -0.25) is 0 Å². The van der Waals surface area contributed by atoms with E-state index in [2.05, 4.69) is 9.88 Å². The van der Waals surface area contributed by atoms with E-state index in [0.29, 0.717) is 5.92 Å². The van der Waals surface area contributed by atoms with E-state index < -0.39 is 0 Å². The highest BCUT2D eigenvalue weighted by atomic mass is 35.5. The molecule has 1 N–H and O–H groups in total. The summed E-state index contributed by atoms with van der Waals surface area (Å²) >= 11 is 6.40. The zero-order valence-corrected chi connectivity index (χ0v) is 9.56. The van der Waals surface area contributed by atoms with E-state index in [4.69, 9.17) is 16.6 Å². The summed E-state index contributed by atoms with van der Waals surface area (Å²) in [5.74, 6) is 1.74. The third kappa shape index (κ3) is 1.58. The van der Waals surface area contributed by atoms with Crippen LogP contribution in [0.15, 0.2) is 0 Å². The molecule has 0 atom stereocenters. The molecule has 0 amide bonds. The molecule has 15 heavy (non-hydrogen) atoms. The van der Waals surface area contributed by atoms with Crippen LogP contribution in [0.25, 0.3) is 0 Å². The van der Waals surface area contributed by atoms with Gasteiger partial charge in [0.2, 0.25) is 0 Å². The smallest absolute Gasteiger partial charge is 0.132 e. The van der Waals surface area contributed by atoms with Gasteiger partial charge in [-0.05, 0) is 12.8 Å². The number of hydrogen-bond acceptors (Lipinski definition) is 2. The number of halogens is 1. The summed E-state index contributed by atoms with van der Waals surface area (Å²) in [7, 11) is 0. The zero-order chi connectivity index (χ0) is 10.3. The summed E-state index contributed by atoms with van der Waals surface area (Å²) in [5, 5.41) is 4.23. The second-order valence-electron chi connectivity index (χ2n) is 4.51. The average molecular weight is 226 g/mol. The van der Waals surface area contributed by atoms with Gasteiger partial charge in [-0.2, -0.15) is 0 Å². The van der Waals surface area contributed by atoms with Crippen LogP contribution >= 0.6 is 11.6 Å². The van der Waals surface area contributed by atoms with Crippen molar-refractivity contribution in [2.45, 2.75) is 44.7 Å². The maximum Gasteiger partial charge on any atom is 0.132 e. The molecule has 1 aromatic heterocycles. The molecule has 0 bridgehead atoms. The number of fused-ring (bicyclic) bond motifs is 1. The molecule has 2 heterocycles. The topological polar surface area (TPSA) is 29.9 Å². The van der Waals surface area contributed by atoms with E-state index in [-0.39, 0.29) is 0 Å². The number of nitrogens with one attached hydrogen (secondary N) is 1. The van der Waals surface area contributed by atoms with Gasteiger partial charge in [-0.1, -0.05) is 24.4 Å². The molecule has 0 spiro atoms. The molecular weight excluding hydrogens is 210 g/mol. The molecule has 4 heteroatoms. The van der Waals surface area contributed by atoms with Gasteiger partial charge in [0.1, 0.15) is 11.0 Å². The molecule has 0 saturated heterocycles. The number of imidazole rings is 1. The highest BCUT2D eigenvalue weighted by Crippen LogP contribution is 2.37. The van der Waals surface area contributed by atoms with Crippen LogP contribution in [-0.4, -0.2) is 16.1 Å². The minimum atomic E-state index is 0.621. The number of rotatable bonds is 1. The average Bonchev–Trinajstić information content (AvgIpc) is 2.87. The van der Waals surface area contributed by atoms with Crippen molar-refractivity contribution in [3.05, 3.63) is 16.7 Å². The number of nitrogens with zero attached hydrogens (tertiary/aromatic N) is 2. The lowest BCUT2D eigenvalue weighted by Gasteiger charge is -2.15. The Morgan fingerprint density at radius 3 is 2.87 bits per heavy atom. The van der Waals surface area contributed by atoms with Crippen LogP contribution in [-0.2, 0) is 13.1 Å². The Morgan fingerprint density at radius 2 is 2.13 bits per heavy atom. The van der Waals surface area contributed by atoms with E-state index in [1.807, 2.05) is 0 Å². The molecule has 1 aromatic rings. The molecule has 0 aromatic carbocycles. The predicted molar refractivity (Wildman–Crippen MR) is 60.2 cm³/mol. The maximum absolute atomic E-state index is 6.40. The third-order valence-corrected chi connectivity index (χ3v) is 3.94. The fraction of sp³-hybridized carbons (Fsp3) is 0.727. The largest absolute Gasteiger partial charge is 0.317 e. The molecule has 2 aliphatic rings. The first kappa shape index (κ1) is 9.67. The van der Waals surface area contributed by atoms with Gasteiger partial charge in [0, 0.05) is 19.0 Å². The highest BCUT2D eigenvalue weighted by Gasteiger charge is 2.26. The summed E-state index contributed by atoms with van der Waals surface area (Å²) in [4.78, 5) is 4.70. The molecule has 1 saturated carbocycles. The fourth-order valence-corrected chi connectivity index (χ4v) is 3.09. The standard InChI is InChI=1S/C11H16ClN3/c12-11-10(8-3-1-2-4-8)14-9-7-13-5-6-15(9)11/h8,13H,1-7H2. The SMILES string of the molecule is Clc1c(C2CCCC2)nc2n1CCNC2. The summed E-state index contributed by atoms with van der Waals surface area (Å²) in [6.07, 6.45) is 5.20. The molecule has 3 nitrogen and oxygen atoms in total. The summed E-state index contributed by atoms with van der Waals surface area (Å²) in [5.41, 5.74) is 1.16. The van der Waals surface area contributed by atoms with E-state index >= 15 is 0 Å². The minimum Gasteiger partial charge on any atom is -0.317 e. The Morgan fingerprint density at radius 1 is 1.33 bits per heavy atom. The van der Waals surface area contributed by atoms with Crippen LogP contribution in [0.1, 0.15) is 43.1 Å². The van der Waals surface area contributed by atoms with Crippen LogP contribution in [0.3, 0.4) is 0 Å². The predicted octanol–water partition coefficient (Wildman–Crippen LogP) is 2.30. The molecule has 0 radical (unpaired) electrons. The lowest BCUT2D eigenvalue weighted by atomic mass is 10.1. The van der Waals surface area contributed by atoms with Crippen molar-refractivity contribution in [2.24, 2.45) is 0 Å². The van der Waals surface area contributed by atoms with E-state index in [1.54, 1.807) is 0 Å². The summed E-state index contributed by atoms with van der Waals surface area (Å²) in [6, 6.07) is 0. The number of aromatic nitrogens is 2. The first-order valence-electron chi connectivity index (χ1n) is 5.82. The molecule has 82 valence electrons. The monoisotopic (exact) mass is 225 g/mol. The Hall–Kier alpha value is -0.540. The fourth-order valence-electron chi connectivity index (χ4n) is 2.71. The van der Waals surface area contributed by atoms with Gasteiger partial charge < -0.3 is 9.88 Å².